The van der Waals surface area contributed by atoms with Crippen LogP contribution in [-0.2, 0) is 9.59 Å². The zero-order chi connectivity index (χ0) is 24.6. The Bertz CT molecular complexity index is 1210. The molecule has 2 heterocycles. The van der Waals surface area contributed by atoms with Crippen LogP contribution in [0.4, 0.5) is 33.2 Å². The standard InChI is InChI=1S/C25H27FN6O3/c1-17(33)28-18-6-2-7-19(14-18)29-24-22(26)16-27-25(31-24)30-20-8-3-9-21(15-20)35-13-5-12-32-11-4-10-23(32)34/h2-3,6-9,14-16H,4-5,10-13H2,1H3,(H,28,33)(H2,27,29,30,31). The Hall–Kier alpha value is -4.21. The van der Waals surface area contributed by atoms with Crippen molar-refractivity contribution in [2.75, 3.05) is 35.6 Å². The number of nitrogens with one attached hydrogen (secondary N) is 3. The van der Waals surface area contributed by atoms with E-state index in [1.54, 1.807) is 30.3 Å². The van der Waals surface area contributed by atoms with E-state index in [0.29, 0.717) is 42.4 Å². The molecule has 4 rings (SSSR count). The van der Waals surface area contributed by atoms with Gasteiger partial charge in [-0.25, -0.2) is 9.37 Å². The van der Waals surface area contributed by atoms with Crippen molar-refractivity contribution in [3.8, 4) is 5.75 Å². The second-order valence-electron chi connectivity index (χ2n) is 8.12. The number of carbonyl (C=O) groups excluding carboxylic acids is 2. The van der Waals surface area contributed by atoms with Crippen molar-refractivity contribution < 1.29 is 18.7 Å². The Labute approximate surface area is 202 Å². The van der Waals surface area contributed by atoms with Crippen LogP contribution in [0.2, 0.25) is 0 Å². The van der Waals surface area contributed by atoms with Gasteiger partial charge in [-0.3, -0.25) is 9.59 Å². The lowest BCUT2D eigenvalue weighted by Gasteiger charge is -2.15. The fourth-order valence-electron chi connectivity index (χ4n) is 3.71. The number of likely N-dealkylation sites (tertiary alicyclic amines) is 1. The highest BCUT2D eigenvalue weighted by Gasteiger charge is 2.19. The summed E-state index contributed by atoms with van der Waals surface area (Å²) in [6.45, 7) is 3.43. The van der Waals surface area contributed by atoms with E-state index >= 15 is 0 Å². The van der Waals surface area contributed by atoms with Gasteiger partial charge >= 0.3 is 0 Å². The highest BCUT2D eigenvalue weighted by molar-refractivity contribution is 5.89. The zero-order valence-electron chi connectivity index (χ0n) is 19.4. The Balaban J connectivity index is 1.36. The van der Waals surface area contributed by atoms with Crippen LogP contribution in [0.1, 0.15) is 26.2 Å². The van der Waals surface area contributed by atoms with Crippen molar-refractivity contribution in [1.82, 2.24) is 14.9 Å². The smallest absolute Gasteiger partial charge is 0.229 e. The second kappa shape index (κ2) is 11.3. The largest absolute Gasteiger partial charge is 0.493 e. The average molecular weight is 479 g/mol. The van der Waals surface area contributed by atoms with Gasteiger partial charge in [-0.15, -0.1) is 0 Å². The summed E-state index contributed by atoms with van der Waals surface area (Å²) in [6, 6.07) is 14.2. The van der Waals surface area contributed by atoms with Crippen LogP contribution in [0.5, 0.6) is 5.75 Å². The number of halogens is 1. The summed E-state index contributed by atoms with van der Waals surface area (Å²) in [5.41, 5.74) is 1.83. The molecule has 1 fully saturated rings. The molecular weight excluding hydrogens is 451 g/mol. The van der Waals surface area contributed by atoms with Crippen molar-refractivity contribution in [3.05, 3.63) is 60.5 Å². The topological polar surface area (TPSA) is 108 Å². The van der Waals surface area contributed by atoms with Gasteiger partial charge in [0, 0.05) is 49.6 Å². The molecule has 2 aromatic carbocycles. The molecule has 0 saturated carbocycles. The molecular formula is C25H27FN6O3. The van der Waals surface area contributed by atoms with Gasteiger partial charge in [0.1, 0.15) is 5.75 Å². The summed E-state index contributed by atoms with van der Waals surface area (Å²) in [7, 11) is 0. The average Bonchev–Trinajstić information content (AvgIpc) is 3.24. The minimum absolute atomic E-state index is 0.00802. The van der Waals surface area contributed by atoms with Gasteiger partial charge in [0.05, 0.1) is 12.8 Å². The first kappa shape index (κ1) is 23.9. The molecule has 9 nitrogen and oxygen atoms in total. The molecule has 1 aliphatic heterocycles. The number of amides is 2. The first-order chi connectivity index (χ1) is 17.0. The van der Waals surface area contributed by atoms with Crippen LogP contribution in [0.15, 0.2) is 54.7 Å². The Morgan fingerprint density at radius 2 is 1.89 bits per heavy atom. The molecule has 0 spiro atoms. The van der Waals surface area contributed by atoms with Gasteiger partial charge in [-0.05, 0) is 43.2 Å². The van der Waals surface area contributed by atoms with Crippen LogP contribution in [-0.4, -0.2) is 46.4 Å². The van der Waals surface area contributed by atoms with E-state index < -0.39 is 5.82 Å². The zero-order valence-corrected chi connectivity index (χ0v) is 19.4. The van der Waals surface area contributed by atoms with Gasteiger partial charge in [-0.1, -0.05) is 12.1 Å². The van der Waals surface area contributed by atoms with Crippen LogP contribution in [0.25, 0.3) is 0 Å². The summed E-state index contributed by atoms with van der Waals surface area (Å²) >= 11 is 0. The summed E-state index contributed by atoms with van der Waals surface area (Å²) in [6.07, 6.45) is 3.40. The van der Waals surface area contributed by atoms with Crippen LogP contribution in [0, 0.1) is 5.82 Å². The number of ether oxygens (including phenoxy) is 1. The molecule has 1 saturated heterocycles. The van der Waals surface area contributed by atoms with E-state index in [-0.39, 0.29) is 23.6 Å². The second-order valence-corrected chi connectivity index (χ2v) is 8.12. The number of anilines is 5. The van der Waals surface area contributed by atoms with Crippen molar-refractivity contribution in [2.24, 2.45) is 0 Å². The fraction of sp³-hybridized carbons (Fsp3) is 0.280. The Morgan fingerprint density at radius 1 is 1.11 bits per heavy atom. The number of carbonyl (C=O) groups is 2. The molecule has 0 radical (unpaired) electrons. The third kappa shape index (κ3) is 6.89. The van der Waals surface area contributed by atoms with E-state index in [9.17, 15) is 14.0 Å². The maximum atomic E-state index is 14.3. The highest BCUT2D eigenvalue weighted by atomic mass is 19.1. The fourth-order valence-corrected chi connectivity index (χ4v) is 3.71. The molecule has 1 aliphatic rings. The third-order valence-corrected chi connectivity index (χ3v) is 5.29. The van der Waals surface area contributed by atoms with Gasteiger partial charge in [-0.2, -0.15) is 4.98 Å². The van der Waals surface area contributed by atoms with E-state index in [1.807, 2.05) is 23.1 Å². The van der Waals surface area contributed by atoms with E-state index in [4.69, 9.17) is 4.74 Å². The van der Waals surface area contributed by atoms with Crippen molar-refractivity contribution in [3.63, 3.8) is 0 Å². The predicted octanol–water partition coefficient (Wildman–Crippen LogP) is 4.45. The number of aromatic nitrogens is 2. The first-order valence-corrected chi connectivity index (χ1v) is 11.4. The third-order valence-electron chi connectivity index (χ3n) is 5.29. The predicted molar refractivity (Wildman–Crippen MR) is 132 cm³/mol. The van der Waals surface area contributed by atoms with E-state index in [0.717, 1.165) is 25.6 Å². The molecule has 0 bridgehead atoms. The molecule has 35 heavy (non-hydrogen) atoms. The maximum Gasteiger partial charge on any atom is 0.229 e. The quantitative estimate of drug-likeness (QED) is 0.369. The summed E-state index contributed by atoms with van der Waals surface area (Å²) in [5.74, 6) is 0.259. The summed E-state index contributed by atoms with van der Waals surface area (Å²) < 4.78 is 20.2. The van der Waals surface area contributed by atoms with Crippen LogP contribution in [0.3, 0.4) is 0 Å². The van der Waals surface area contributed by atoms with Gasteiger partial charge in [0.2, 0.25) is 17.8 Å². The van der Waals surface area contributed by atoms with Crippen LogP contribution >= 0.6 is 0 Å². The number of benzene rings is 2. The lowest BCUT2D eigenvalue weighted by Crippen LogP contribution is -2.26. The number of hydrogen-bond donors (Lipinski definition) is 3. The molecule has 10 heteroatoms. The number of rotatable bonds is 10. The van der Waals surface area contributed by atoms with E-state index in [2.05, 4.69) is 25.9 Å². The minimum Gasteiger partial charge on any atom is -0.493 e. The summed E-state index contributed by atoms with van der Waals surface area (Å²) in [5, 5.41) is 8.65. The van der Waals surface area contributed by atoms with Crippen LogP contribution < -0.4 is 20.7 Å². The van der Waals surface area contributed by atoms with Gasteiger partial charge in [0.25, 0.3) is 0 Å². The van der Waals surface area contributed by atoms with Gasteiger partial charge < -0.3 is 25.6 Å². The molecule has 0 atom stereocenters. The molecule has 3 aromatic rings. The molecule has 3 N–H and O–H groups in total. The Morgan fingerprint density at radius 3 is 2.66 bits per heavy atom. The summed E-state index contributed by atoms with van der Waals surface area (Å²) in [4.78, 5) is 33.1. The van der Waals surface area contributed by atoms with Gasteiger partial charge in [0.15, 0.2) is 11.6 Å². The maximum absolute atomic E-state index is 14.3. The monoisotopic (exact) mass is 478 g/mol. The number of hydrogen-bond acceptors (Lipinski definition) is 7. The van der Waals surface area contributed by atoms with Crippen molar-refractivity contribution >= 4 is 40.6 Å². The lowest BCUT2D eigenvalue weighted by atomic mass is 10.2. The molecule has 0 unspecified atom stereocenters. The first-order valence-electron chi connectivity index (χ1n) is 11.4. The molecule has 2 amide bonds. The molecule has 182 valence electrons. The number of nitrogens with zero attached hydrogens (tertiary/aromatic N) is 3. The van der Waals surface area contributed by atoms with E-state index in [1.165, 1.54) is 6.92 Å². The minimum atomic E-state index is -0.617. The lowest BCUT2D eigenvalue weighted by molar-refractivity contribution is -0.127. The Kier molecular flexibility index (Phi) is 7.71. The SMILES string of the molecule is CC(=O)Nc1cccc(Nc2nc(Nc3cccc(OCCCN4CCCC4=O)c3)ncc2F)c1. The van der Waals surface area contributed by atoms with Crippen molar-refractivity contribution in [1.29, 1.82) is 0 Å². The molecule has 1 aromatic heterocycles. The highest BCUT2D eigenvalue weighted by Crippen LogP contribution is 2.24. The molecule has 0 aliphatic carbocycles. The van der Waals surface area contributed by atoms with Crippen molar-refractivity contribution in [2.45, 2.75) is 26.2 Å². The normalized spacial score (nSPS) is 13.0.